The van der Waals surface area contributed by atoms with Crippen LogP contribution in [0.4, 0.5) is 27.6 Å². The van der Waals surface area contributed by atoms with E-state index in [1.54, 1.807) is 0 Å². The summed E-state index contributed by atoms with van der Waals surface area (Å²) in [6, 6.07) is 7.13. The first-order chi connectivity index (χ1) is 15.5. The van der Waals surface area contributed by atoms with Crippen molar-refractivity contribution in [2.45, 2.75) is 12.2 Å². The number of benzene rings is 3. The molecule has 0 bridgehead atoms. The lowest BCUT2D eigenvalue weighted by molar-refractivity contribution is -0.137. The highest BCUT2D eigenvalue weighted by Crippen LogP contribution is 2.41. The third kappa shape index (κ3) is 4.45. The third-order valence-corrected chi connectivity index (χ3v) is 5.76. The van der Waals surface area contributed by atoms with Crippen molar-refractivity contribution in [1.29, 1.82) is 0 Å². The Balaban J connectivity index is 1.80. The van der Waals surface area contributed by atoms with Crippen molar-refractivity contribution in [3.8, 4) is 0 Å². The van der Waals surface area contributed by atoms with Gasteiger partial charge < -0.3 is 10.6 Å². The van der Waals surface area contributed by atoms with Gasteiger partial charge in [0.15, 0.2) is 0 Å². The number of carbonyl (C=O) groups excluding carboxylic acids is 2. The van der Waals surface area contributed by atoms with Gasteiger partial charge in [-0.1, -0.05) is 33.6 Å². The number of carbonyl (C=O) groups is 2. The van der Waals surface area contributed by atoms with Crippen LogP contribution >= 0.6 is 27.5 Å². The number of alkyl halides is 3. The van der Waals surface area contributed by atoms with Crippen molar-refractivity contribution in [3.63, 3.8) is 0 Å². The van der Waals surface area contributed by atoms with Crippen LogP contribution < -0.4 is 10.6 Å². The van der Waals surface area contributed by atoms with Crippen LogP contribution in [0.1, 0.15) is 43.4 Å². The number of anilines is 1. The van der Waals surface area contributed by atoms with Gasteiger partial charge in [-0.05, 0) is 42.5 Å². The Morgan fingerprint density at radius 1 is 1.06 bits per heavy atom. The van der Waals surface area contributed by atoms with Crippen molar-refractivity contribution in [2.24, 2.45) is 0 Å². The van der Waals surface area contributed by atoms with Gasteiger partial charge in [-0.2, -0.15) is 13.2 Å². The SMILES string of the molecule is O=C(Nc1cc(Br)cc2c1[C@H](c1c(F)cccc1Cl)NC2=O)c1cc(F)cc(C(F)(F)F)c1. The fraction of sp³-hybridized carbons (Fsp3) is 0.0909. The fourth-order valence-corrected chi connectivity index (χ4v) is 4.31. The Morgan fingerprint density at radius 2 is 1.79 bits per heavy atom. The molecule has 0 radical (unpaired) electrons. The fourth-order valence-electron chi connectivity index (χ4n) is 3.58. The monoisotopic (exact) mass is 544 g/mol. The second kappa shape index (κ2) is 8.42. The smallest absolute Gasteiger partial charge is 0.341 e. The minimum atomic E-state index is -4.86. The second-order valence-electron chi connectivity index (χ2n) is 7.14. The first-order valence-corrected chi connectivity index (χ1v) is 10.4. The van der Waals surface area contributed by atoms with Gasteiger partial charge in [0.25, 0.3) is 11.8 Å². The molecule has 3 aromatic rings. The Labute approximate surface area is 196 Å². The lowest BCUT2D eigenvalue weighted by Gasteiger charge is -2.19. The molecule has 2 N–H and O–H groups in total. The molecular weight excluding hydrogens is 535 g/mol. The van der Waals surface area contributed by atoms with E-state index >= 15 is 0 Å². The summed E-state index contributed by atoms with van der Waals surface area (Å²) < 4.78 is 67.8. The van der Waals surface area contributed by atoms with Gasteiger partial charge >= 0.3 is 6.18 Å². The Kier molecular flexibility index (Phi) is 5.92. The normalized spacial score (nSPS) is 15.2. The highest BCUT2D eigenvalue weighted by Gasteiger charge is 2.36. The molecule has 0 fully saturated rings. The molecule has 2 amide bonds. The van der Waals surface area contributed by atoms with E-state index in [1.807, 2.05) is 0 Å². The average molecular weight is 546 g/mol. The largest absolute Gasteiger partial charge is 0.416 e. The number of rotatable bonds is 3. The second-order valence-corrected chi connectivity index (χ2v) is 8.46. The summed E-state index contributed by atoms with van der Waals surface area (Å²) in [7, 11) is 0. The van der Waals surface area contributed by atoms with Gasteiger partial charge in [-0.25, -0.2) is 8.78 Å². The third-order valence-electron chi connectivity index (χ3n) is 4.98. The lowest BCUT2D eigenvalue weighted by Crippen LogP contribution is -2.22. The van der Waals surface area contributed by atoms with E-state index in [0.717, 1.165) is 6.07 Å². The minimum Gasteiger partial charge on any atom is -0.341 e. The predicted octanol–water partition coefficient (Wildman–Crippen LogP) is 6.48. The molecule has 0 aromatic heterocycles. The van der Waals surface area contributed by atoms with Crippen LogP contribution in [0.3, 0.4) is 0 Å². The molecule has 11 heteroatoms. The molecule has 3 aromatic carbocycles. The van der Waals surface area contributed by atoms with Crippen LogP contribution in [0.5, 0.6) is 0 Å². The number of nitrogens with one attached hydrogen (secondary N) is 2. The van der Waals surface area contributed by atoms with Crippen LogP contribution in [0.25, 0.3) is 0 Å². The maximum Gasteiger partial charge on any atom is 0.416 e. The van der Waals surface area contributed by atoms with Crippen LogP contribution in [0.15, 0.2) is 53.0 Å². The molecule has 0 aliphatic carbocycles. The number of fused-ring (bicyclic) bond motifs is 1. The van der Waals surface area contributed by atoms with Crippen molar-refractivity contribution in [3.05, 3.63) is 97.5 Å². The van der Waals surface area contributed by atoms with Gasteiger partial charge in [0.2, 0.25) is 0 Å². The number of halogens is 7. The van der Waals surface area contributed by atoms with E-state index in [-0.39, 0.29) is 33.5 Å². The summed E-state index contributed by atoms with van der Waals surface area (Å²) in [6.45, 7) is 0. The lowest BCUT2D eigenvalue weighted by atomic mass is 9.96. The molecule has 1 heterocycles. The molecule has 1 aliphatic rings. The van der Waals surface area contributed by atoms with Crippen molar-refractivity contribution >= 4 is 45.0 Å². The van der Waals surface area contributed by atoms with E-state index in [2.05, 4.69) is 26.6 Å². The Bertz CT molecular complexity index is 1290. The highest BCUT2D eigenvalue weighted by molar-refractivity contribution is 9.10. The maximum atomic E-state index is 14.6. The van der Waals surface area contributed by atoms with Crippen molar-refractivity contribution < 1.29 is 31.5 Å². The van der Waals surface area contributed by atoms with E-state index < -0.39 is 46.8 Å². The minimum absolute atomic E-state index is 0.00450. The molecule has 1 aliphatic heterocycles. The Hall–Kier alpha value is -2.98. The molecule has 4 nitrogen and oxygen atoms in total. The molecule has 0 unspecified atom stereocenters. The molecule has 0 saturated carbocycles. The van der Waals surface area contributed by atoms with E-state index in [4.69, 9.17) is 11.6 Å². The first kappa shape index (κ1) is 23.2. The molecule has 4 rings (SSSR count). The summed E-state index contributed by atoms with van der Waals surface area (Å²) >= 11 is 9.35. The van der Waals surface area contributed by atoms with Crippen molar-refractivity contribution in [1.82, 2.24) is 5.32 Å². The van der Waals surface area contributed by atoms with E-state index in [0.29, 0.717) is 16.6 Å². The summed E-state index contributed by atoms with van der Waals surface area (Å²) in [5.74, 6) is -3.59. The topological polar surface area (TPSA) is 58.2 Å². The van der Waals surface area contributed by atoms with Crippen LogP contribution in [0, 0.1) is 11.6 Å². The van der Waals surface area contributed by atoms with Crippen LogP contribution in [-0.2, 0) is 6.18 Å². The predicted molar refractivity (Wildman–Crippen MR) is 114 cm³/mol. The number of hydrogen-bond donors (Lipinski definition) is 2. The number of hydrogen-bond acceptors (Lipinski definition) is 2. The van der Waals surface area contributed by atoms with Crippen molar-refractivity contribution in [2.75, 3.05) is 5.32 Å². The zero-order valence-electron chi connectivity index (χ0n) is 16.2. The standard InChI is InChI=1S/C22H11BrClF5N2O2/c23-11-7-13-17(19(31-21(13)33)18-14(24)2-1-3-15(18)26)16(8-11)30-20(32)9-4-10(22(27,28)29)6-12(25)5-9/h1-8,19H,(H,30,32)(H,31,33)/t19-/m1/s1. The molecule has 1 atom stereocenters. The zero-order chi connectivity index (χ0) is 24.1. The quantitative estimate of drug-likeness (QED) is 0.370. The van der Waals surface area contributed by atoms with Gasteiger partial charge in [-0.3, -0.25) is 9.59 Å². The molecular formula is C22H11BrClF5N2O2. The first-order valence-electron chi connectivity index (χ1n) is 9.23. The highest BCUT2D eigenvalue weighted by atomic mass is 79.9. The summed E-state index contributed by atoms with van der Waals surface area (Å²) in [6.07, 6.45) is -4.86. The van der Waals surface area contributed by atoms with Gasteiger partial charge in [-0.15, -0.1) is 0 Å². The molecule has 170 valence electrons. The summed E-state index contributed by atoms with van der Waals surface area (Å²) in [5.41, 5.74) is -1.71. The molecule has 0 spiro atoms. The Morgan fingerprint density at radius 3 is 2.45 bits per heavy atom. The zero-order valence-corrected chi connectivity index (χ0v) is 18.5. The van der Waals surface area contributed by atoms with Gasteiger partial charge in [0, 0.05) is 37.4 Å². The van der Waals surface area contributed by atoms with Crippen LogP contribution in [0.2, 0.25) is 5.02 Å². The van der Waals surface area contributed by atoms with E-state index in [1.165, 1.54) is 24.3 Å². The summed E-state index contributed by atoms with van der Waals surface area (Å²) in [4.78, 5) is 25.3. The summed E-state index contributed by atoms with van der Waals surface area (Å²) in [5, 5.41) is 5.02. The van der Waals surface area contributed by atoms with Gasteiger partial charge in [0.1, 0.15) is 11.6 Å². The number of amides is 2. The van der Waals surface area contributed by atoms with Gasteiger partial charge in [0.05, 0.1) is 11.6 Å². The molecule has 0 saturated heterocycles. The van der Waals surface area contributed by atoms with E-state index in [9.17, 15) is 31.5 Å². The average Bonchev–Trinajstić information content (AvgIpc) is 3.03. The molecule has 33 heavy (non-hydrogen) atoms. The maximum absolute atomic E-state index is 14.6. The van der Waals surface area contributed by atoms with Crippen LogP contribution in [-0.4, -0.2) is 11.8 Å².